The quantitative estimate of drug-likeness (QED) is 0.940. The Bertz CT molecular complexity index is 737. The van der Waals surface area contributed by atoms with E-state index in [1.54, 1.807) is 38.1 Å². The maximum absolute atomic E-state index is 13.4. The van der Waals surface area contributed by atoms with Crippen molar-refractivity contribution in [2.24, 2.45) is 0 Å². The molecule has 106 valence electrons. The first-order chi connectivity index (χ1) is 9.31. The van der Waals surface area contributed by atoms with Gasteiger partial charge in [0, 0.05) is 0 Å². The molecule has 0 bridgehead atoms. The predicted molar refractivity (Wildman–Crippen MR) is 77.9 cm³/mol. The predicted octanol–water partition coefficient (Wildman–Crippen LogP) is 3.55. The Kier molecular flexibility index (Phi) is 3.81. The molecule has 0 saturated heterocycles. The molecule has 2 aromatic rings. The van der Waals surface area contributed by atoms with Gasteiger partial charge >= 0.3 is 0 Å². The summed E-state index contributed by atoms with van der Waals surface area (Å²) in [7, 11) is -3.65. The summed E-state index contributed by atoms with van der Waals surface area (Å²) in [5.41, 5.74) is 2.40. The first kappa shape index (κ1) is 14.5. The summed E-state index contributed by atoms with van der Waals surface area (Å²) < 4.78 is 40.4. The minimum atomic E-state index is -3.65. The van der Waals surface area contributed by atoms with Crippen LogP contribution in [0.3, 0.4) is 0 Å². The van der Waals surface area contributed by atoms with Crippen LogP contribution in [-0.2, 0) is 10.0 Å². The molecular formula is C15H16FNO2S. The molecule has 1 N–H and O–H groups in total. The molecule has 0 fully saturated rings. The summed E-state index contributed by atoms with van der Waals surface area (Å²) in [5, 5.41) is 0. The third kappa shape index (κ3) is 2.82. The monoisotopic (exact) mass is 293 g/mol. The minimum Gasteiger partial charge on any atom is -0.279 e. The van der Waals surface area contributed by atoms with Crippen LogP contribution in [-0.4, -0.2) is 8.42 Å². The molecule has 0 spiro atoms. The summed E-state index contributed by atoms with van der Waals surface area (Å²) in [5.74, 6) is -0.346. The minimum absolute atomic E-state index is 0.185. The normalized spacial score (nSPS) is 11.4. The Morgan fingerprint density at radius 1 is 0.900 bits per heavy atom. The molecule has 0 unspecified atom stereocenters. The number of aryl methyl sites for hydroxylation is 1. The van der Waals surface area contributed by atoms with E-state index in [2.05, 4.69) is 4.72 Å². The molecule has 0 aliphatic rings. The Morgan fingerprint density at radius 2 is 1.50 bits per heavy atom. The first-order valence-electron chi connectivity index (χ1n) is 6.16. The van der Waals surface area contributed by atoms with Gasteiger partial charge in [0.15, 0.2) is 0 Å². The van der Waals surface area contributed by atoms with Crippen LogP contribution in [0.15, 0.2) is 41.3 Å². The molecule has 0 amide bonds. The molecule has 0 aliphatic heterocycles. The number of nitrogens with one attached hydrogen (secondary N) is 1. The molecule has 20 heavy (non-hydrogen) atoms. The molecule has 0 atom stereocenters. The van der Waals surface area contributed by atoms with Gasteiger partial charge in [-0.3, -0.25) is 4.72 Å². The van der Waals surface area contributed by atoms with Gasteiger partial charge in [-0.1, -0.05) is 17.7 Å². The van der Waals surface area contributed by atoms with Crippen LogP contribution in [0.5, 0.6) is 0 Å². The summed E-state index contributed by atoms with van der Waals surface area (Å²) in [6.45, 7) is 5.19. The average molecular weight is 293 g/mol. The number of hydrogen-bond donors (Lipinski definition) is 1. The largest absolute Gasteiger partial charge is 0.279 e. The van der Waals surface area contributed by atoms with Gasteiger partial charge in [0.05, 0.1) is 10.6 Å². The maximum atomic E-state index is 13.4. The van der Waals surface area contributed by atoms with Crippen molar-refractivity contribution >= 4 is 15.7 Å². The Labute approximate surface area is 118 Å². The van der Waals surface area contributed by atoms with Gasteiger partial charge in [-0.2, -0.15) is 0 Å². The van der Waals surface area contributed by atoms with Crippen molar-refractivity contribution < 1.29 is 12.8 Å². The van der Waals surface area contributed by atoms with Gasteiger partial charge in [-0.25, -0.2) is 12.8 Å². The van der Waals surface area contributed by atoms with Crippen molar-refractivity contribution in [3.05, 3.63) is 58.9 Å². The lowest BCUT2D eigenvalue weighted by atomic mass is 10.1. The fraction of sp³-hybridized carbons (Fsp3) is 0.200. The molecule has 0 heterocycles. The molecule has 0 radical (unpaired) electrons. The van der Waals surface area contributed by atoms with Crippen molar-refractivity contribution in [1.29, 1.82) is 0 Å². The van der Waals surface area contributed by atoms with E-state index in [9.17, 15) is 12.8 Å². The SMILES string of the molecule is Cc1ccc(S(=O)(=O)Nc2ccc(F)c(C)c2C)cc1. The molecule has 2 rings (SSSR count). The van der Waals surface area contributed by atoms with E-state index < -0.39 is 10.0 Å². The van der Waals surface area contributed by atoms with Crippen LogP contribution in [0, 0.1) is 26.6 Å². The van der Waals surface area contributed by atoms with E-state index >= 15 is 0 Å². The van der Waals surface area contributed by atoms with E-state index in [4.69, 9.17) is 0 Å². The van der Waals surface area contributed by atoms with E-state index in [1.807, 2.05) is 6.92 Å². The third-order valence-corrected chi connectivity index (χ3v) is 4.68. The van der Waals surface area contributed by atoms with Crippen LogP contribution in [0.4, 0.5) is 10.1 Å². The van der Waals surface area contributed by atoms with Crippen LogP contribution < -0.4 is 4.72 Å². The third-order valence-electron chi connectivity index (χ3n) is 3.30. The highest BCUT2D eigenvalue weighted by Crippen LogP contribution is 2.24. The van der Waals surface area contributed by atoms with Gasteiger partial charge in [0.1, 0.15) is 5.82 Å². The Morgan fingerprint density at radius 3 is 2.10 bits per heavy atom. The van der Waals surface area contributed by atoms with Gasteiger partial charge in [0.25, 0.3) is 10.0 Å². The Balaban J connectivity index is 2.38. The van der Waals surface area contributed by atoms with Crippen LogP contribution >= 0.6 is 0 Å². The number of sulfonamides is 1. The standard InChI is InChI=1S/C15H16FNO2S/c1-10-4-6-13(7-5-10)20(18,19)17-15-9-8-14(16)11(2)12(15)3/h4-9,17H,1-3H3. The fourth-order valence-corrected chi connectivity index (χ4v) is 2.94. The number of hydrogen-bond acceptors (Lipinski definition) is 2. The smallest absolute Gasteiger partial charge is 0.261 e. The summed E-state index contributed by atoms with van der Waals surface area (Å²) in [6, 6.07) is 9.25. The second kappa shape index (κ2) is 5.25. The maximum Gasteiger partial charge on any atom is 0.261 e. The number of rotatable bonds is 3. The molecule has 3 nitrogen and oxygen atoms in total. The van der Waals surface area contributed by atoms with E-state index in [-0.39, 0.29) is 10.7 Å². The van der Waals surface area contributed by atoms with E-state index in [1.165, 1.54) is 12.1 Å². The molecule has 2 aromatic carbocycles. The summed E-state index contributed by atoms with van der Waals surface area (Å²) in [6.07, 6.45) is 0. The zero-order chi connectivity index (χ0) is 14.9. The first-order valence-corrected chi connectivity index (χ1v) is 7.65. The average Bonchev–Trinajstić information content (AvgIpc) is 2.40. The Hall–Kier alpha value is -1.88. The van der Waals surface area contributed by atoms with Gasteiger partial charge in [0.2, 0.25) is 0 Å². The van der Waals surface area contributed by atoms with Crippen molar-refractivity contribution in [3.63, 3.8) is 0 Å². The van der Waals surface area contributed by atoms with Crippen LogP contribution in [0.2, 0.25) is 0 Å². The van der Waals surface area contributed by atoms with Crippen LogP contribution in [0.25, 0.3) is 0 Å². The molecule has 0 saturated carbocycles. The zero-order valence-corrected chi connectivity index (χ0v) is 12.4. The highest BCUT2D eigenvalue weighted by molar-refractivity contribution is 7.92. The van der Waals surface area contributed by atoms with Crippen molar-refractivity contribution in [3.8, 4) is 0 Å². The lowest BCUT2D eigenvalue weighted by Gasteiger charge is -2.12. The second-order valence-electron chi connectivity index (χ2n) is 4.76. The number of benzene rings is 2. The lowest BCUT2D eigenvalue weighted by molar-refractivity contribution is 0.600. The highest BCUT2D eigenvalue weighted by atomic mass is 32.2. The zero-order valence-electron chi connectivity index (χ0n) is 11.6. The molecule has 0 aromatic heterocycles. The number of halogens is 1. The van der Waals surface area contributed by atoms with Crippen molar-refractivity contribution in [1.82, 2.24) is 0 Å². The van der Waals surface area contributed by atoms with E-state index in [0.29, 0.717) is 16.8 Å². The van der Waals surface area contributed by atoms with Gasteiger partial charge in [-0.05, 0) is 56.2 Å². The topological polar surface area (TPSA) is 46.2 Å². The van der Waals surface area contributed by atoms with Gasteiger partial charge < -0.3 is 0 Å². The second-order valence-corrected chi connectivity index (χ2v) is 6.45. The van der Waals surface area contributed by atoms with Crippen molar-refractivity contribution in [2.45, 2.75) is 25.7 Å². The molecular weight excluding hydrogens is 277 g/mol. The van der Waals surface area contributed by atoms with Crippen LogP contribution in [0.1, 0.15) is 16.7 Å². The van der Waals surface area contributed by atoms with Gasteiger partial charge in [-0.15, -0.1) is 0 Å². The molecule has 0 aliphatic carbocycles. The summed E-state index contributed by atoms with van der Waals surface area (Å²) in [4.78, 5) is 0.185. The van der Waals surface area contributed by atoms with Crippen molar-refractivity contribution in [2.75, 3.05) is 4.72 Å². The summed E-state index contributed by atoms with van der Waals surface area (Å²) >= 11 is 0. The van der Waals surface area contributed by atoms with E-state index in [0.717, 1.165) is 5.56 Å². The lowest BCUT2D eigenvalue weighted by Crippen LogP contribution is -2.14. The highest BCUT2D eigenvalue weighted by Gasteiger charge is 2.16. The molecule has 5 heteroatoms. The fourth-order valence-electron chi connectivity index (χ4n) is 1.82. The number of anilines is 1.